The van der Waals surface area contributed by atoms with Gasteiger partial charge in [0.15, 0.2) is 7.28 Å². The Kier molecular flexibility index (Phi) is 9.78. The largest absolute Gasteiger partial charge is 0.355 e. The van der Waals surface area contributed by atoms with Crippen LogP contribution in [0.2, 0.25) is 0 Å². The van der Waals surface area contributed by atoms with Crippen LogP contribution in [0.15, 0.2) is 127 Å². The molecule has 1 N–H and O–H groups in total. The molecule has 8 aromatic carbocycles. The van der Waals surface area contributed by atoms with Gasteiger partial charge in [0.2, 0.25) is 0 Å². The summed E-state index contributed by atoms with van der Waals surface area (Å²) >= 11 is 0. The predicted molar refractivity (Wildman–Crippen MR) is 329 cm³/mol. The van der Waals surface area contributed by atoms with Crippen molar-refractivity contribution in [3.8, 4) is 39.1 Å². The molecule has 0 bridgehead atoms. The minimum Gasteiger partial charge on any atom is -0.355 e. The van der Waals surface area contributed by atoms with Crippen molar-refractivity contribution in [2.24, 2.45) is 0 Å². The minimum absolute atomic E-state index is 0.0160. The number of hydrogen-bond acceptors (Lipinski definition) is 1. The van der Waals surface area contributed by atoms with E-state index in [4.69, 9.17) is 0 Å². The van der Waals surface area contributed by atoms with Crippen LogP contribution in [0, 0.1) is 0 Å². The maximum Gasteiger partial charge on any atom is 0.198 e. The van der Waals surface area contributed by atoms with Gasteiger partial charge in [0.05, 0.1) is 5.52 Å². The zero-order chi connectivity index (χ0) is 53.0. The van der Waals surface area contributed by atoms with Crippen molar-refractivity contribution in [3.63, 3.8) is 0 Å². The molecule has 4 aliphatic carbocycles. The number of aromatic nitrogens is 1. The van der Waals surface area contributed by atoms with Crippen molar-refractivity contribution in [2.75, 3.05) is 5.32 Å². The zero-order valence-corrected chi connectivity index (χ0v) is 48.0. The Morgan fingerprint density at radius 2 is 0.974 bits per heavy atom. The van der Waals surface area contributed by atoms with Crippen LogP contribution < -0.4 is 16.2 Å². The van der Waals surface area contributed by atoms with E-state index in [2.05, 4.69) is 234 Å². The fraction of sp³-hybridized carbons (Fsp3) is 0.370. The molecular formula is C73H77BN2. The van der Waals surface area contributed by atoms with E-state index in [0.717, 1.165) is 20.1 Å². The maximum atomic E-state index is 4.27. The lowest BCUT2D eigenvalue weighted by atomic mass is 9.55. The number of rotatable bonds is 4. The molecule has 0 atom stereocenters. The van der Waals surface area contributed by atoms with Gasteiger partial charge in [0, 0.05) is 49.7 Å². The molecule has 0 saturated heterocycles. The fourth-order valence-electron chi connectivity index (χ4n) is 15.7. The van der Waals surface area contributed by atoms with Crippen LogP contribution in [0.25, 0.3) is 71.6 Å². The van der Waals surface area contributed by atoms with E-state index in [9.17, 15) is 0 Å². The first-order valence-corrected chi connectivity index (χ1v) is 28.9. The van der Waals surface area contributed by atoms with E-state index >= 15 is 0 Å². The van der Waals surface area contributed by atoms with Gasteiger partial charge in [0.1, 0.15) is 0 Å². The van der Waals surface area contributed by atoms with E-state index in [1.165, 1.54) is 164 Å². The summed E-state index contributed by atoms with van der Waals surface area (Å²) in [6.45, 7) is 34.6. The minimum atomic E-state index is -0.134. The lowest BCUT2D eigenvalue weighted by Crippen LogP contribution is -2.41. The lowest BCUT2D eigenvalue weighted by molar-refractivity contribution is 0.332. The quantitative estimate of drug-likeness (QED) is 0.174. The summed E-state index contributed by atoms with van der Waals surface area (Å²) in [6, 6.07) is 51.2. The first kappa shape index (κ1) is 48.1. The van der Waals surface area contributed by atoms with Crippen molar-refractivity contribution in [2.45, 2.75) is 173 Å². The highest BCUT2D eigenvalue weighted by Crippen LogP contribution is 2.55. The molecule has 0 spiro atoms. The topological polar surface area (TPSA) is 17.0 Å². The number of benzene rings is 8. The molecule has 0 unspecified atom stereocenters. The highest BCUT2D eigenvalue weighted by Gasteiger charge is 2.43. The van der Waals surface area contributed by atoms with Crippen molar-refractivity contribution >= 4 is 62.2 Å². The Morgan fingerprint density at radius 3 is 1.67 bits per heavy atom. The van der Waals surface area contributed by atoms with Gasteiger partial charge >= 0.3 is 0 Å². The summed E-state index contributed by atoms with van der Waals surface area (Å²) in [5, 5.41) is 9.56. The van der Waals surface area contributed by atoms with Crippen LogP contribution in [0.3, 0.4) is 0 Å². The molecule has 3 heteroatoms. The average molecular weight is 993 g/mol. The standard InChI is InChI=1S/C73H77BN2/c1-67(2)29-30-68(3,4)55-36-44(25-28-53(55)67)75-61-40-58-56(69(5,6)31-33-71(58,9)10)38-50(61)51-37-49(43-24-26-47-46-21-17-18-22-52(46)73(13,14)54(47)35-43)63-48-27-23-42-19-15-16-20-45(42)65(48)76-62-41-59-57(39-60(62)74-64(51)66(63)76)70(7,8)32-34-72(59,11)12/h15-28,35-41,74-75H,29-34H2,1-14H3. The molecule has 14 rings (SSSR count). The molecule has 2 nitrogen and oxygen atoms in total. The van der Waals surface area contributed by atoms with Gasteiger partial charge in [-0.25, -0.2) is 0 Å². The van der Waals surface area contributed by atoms with Crippen molar-refractivity contribution in [1.29, 1.82) is 0 Å². The van der Waals surface area contributed by atoms with E-state index < -0.39 is 0 Å². The van der Waals surface area contributed by atoms with Crippen LogP contribution in [0.5, 0.6) is 0 Å². The van der Waals surface area contributed by atoms with Crippen LogP contribution in [-0.2, 0) is 37.9 Å². The zero-order valence-electron chi connectivity index (χ0n) is 48.0. The summed E-state index contributed by atoms with van der Waals surface area (Å²) < 4.78 is 2.77. The normalized spacial score (nSPS) is 20.0. The first-order valence-electron chi connectivity index (χ1n) is 28.9. The number of hydrogen-bond donors (Lipinski definition) is 1. The average Bonchev–Trinajstić information content (AvgIpc) is 4.07. The molecule has 9 aromatic rings. The van der Waals surface area contributed by atoms with E-state index in [1.807, 2.05) is 0 Å². The van der Waals surface area contributed by atoms with Crippen molar-refractivity contribution < 1.29 is 0 Å². The predicted octanol–water partition coefficient (Wildman–Crippen LogP) is 18.1. The SMILES string of the molecule is CC1(C)CCC(C)(C)c2cc(Nc3cc4c(cc3-c3cc(-c5ccc6c(c5)C(C)(C)c5ccccc5-6)c5c6ccc7ccccc7c6n6c5c3Bc3cc5c(cc3-6)C(C)(C)CCC5(C)C)C(C)(C)CCC4(C)C)ccc21. The Morgan fingerprint density at radius 1 is 0.395 bits per heavy atom. The second-order valence-corrected chi connectivity index (χ2v) is 29.0. The first-order chi connectivity index (χ1) is 35.9. The highest BCUT2D eigenvalue weighted by molar-refractivity contribution is 6.73. The number of anilines is 2. The molecular weight excluding hydrogens is 916 g/mol. The smallest absolute Gasteiger partial charge is 0.198 e. The van der Waals surface area contributed by atoms with Gasteiger partial charge in [-0.15, -0.1) is 0 Å². The van der Waals surface area contributed by atoms with Crippen molar-refractivity contribution in [3.05, 3.63) is 172 Å². The molecule has 382 valence electrons. The van der Waals surface area contributed by atoms with Crippen molar-refractivity contribution in [1.82, 2.24) is 4.57 Å². The molecule has 0 saturated carbocycles. The van der Waals surface area contributed by atoms with E-state index in [1.54, 1.807) is 0 Å². The van der Waals surface area contributed by atoms with Crippen LogP contribution in [0.1, 0.15) is 180 Å². The molecule has 0 amide bonds. The molecule has 76 heavy (non-hydrogen) atoms. The number of fused-ring (bicyclic) bond motifs is 13. The Labute approximate surface area is 454 Å². The summed E-state index contributed by atoms with van der Waals surface area (Å²) in [6.07, 6.45) is 7.08. The molecule has 5 aliphatic rings. The molecule has 2 heterocycles. The van der Waals surface area contributed by atoms with Crippen LogP contribution >= 0.6 is 0 Å². The Bertz CT molecular complexity index is 4030. The van der Waals surface area contributed by atoms with Gasteiger partial charge < -0.3 is 9.88 Å². The molecule has 0 fully saturated rings. The highest BCUT2D eigenvalue weighted by atomic mass is 15.0. The third-order valence-corrected chi connectivity index (χ3v) is 21.0. The number of nitrogens with zero attached hydrogens (tertiary/aromatic N) is 1. The molecule has 1 aliphatic heterocycles. The maximum absolute atomic E-state index is 4.27. The third kappa shape index (κ3) is 6.72. The van der Waals surface area contributed by atoms with Gasteiger partial charge in [0.25, 0.3) is 0 Å². The summed E-state index contributed by atoms with van der Waals surface area (Å²) in [7, 11) is 0.861. The van der Waals surface area contributed by atoms with Gasteiger partial charge in [-0.3, -0.25) is 0 Å². The molecule has 0 radical (unpaired) electrons. The van der Waals surface area contributed by atoms with Gasteiger partial charge in [-0.2, -0.15) is 0 Å². The van der Waals surface area contributed by atoms with E-state index in [-0.39, 0.29) is 37.9 Å². The summed E-state index contributed by atoms with van der Waals surface area (Å²) in [5.41, 5.74) is 29.4. The lowest BCUT2D eigenvalue weighted by Gasteiger charge is -2.43. The van der Waals surface area contributed by atoms with E-state index in [0.29, 0.717) is 0 Å². The Balaban J connectivity index is 1.13. The second kappa shape index (κ2) is 15.5. The number of nitrogens with one attached hydrogen (secondary N) is 1. The monoisotopic (exact) mass is 993 g/mol. The van der Waals surface area contributed by atoms with Gasteiger partial charge in [-0.1, -0.05) is 187 Å². The van der Waals surface area contributed by atoms with Crippen LogP contribution in [0.4, 0.5) is 11.4 Å². The van der Waals surface area contributed by atoms with Crippen LogP contribution in [-0.4, -0.2) is 11.8 Å². The Hall–Kier alpha value is -6.32. The van der Waals surface area contributed by atoms with Gasteiger partial charge in [-0.05, 0) is 197 Å². The third-order valence-electron chi connectivity index (χ3n) is 21.0. The fourth-order valence-corrected chi connectivity index (χ4v) is 15.7. The summed E-state index contributed by atoms with van der Waals surface area (Å²) in [4.78, 5) is 0. The molecule has 1 aromatic heterocycles. The summed E-state index contributed by atoms with van der Waals surface area (Å²) in [5.74, 6) is 0. The second-order valence-electron chi connectivity index (χ2n) is 29.0.